The fourth-order valence-electron chi connectivity index (χ4n) is 4.02. The molecule has 180 valence electrons. The molecule has 3 aromatic rings. The van der Waals surface area contributed by atoms with Crippen LogP contribution in [0.1, 0.15) is 46.0 Å². The van der Waals surface area contributed by atoms with Crippen molar-refractivity contribution in [3.63, 3.8) is 0 Å². The first-order valence-electron chi connectivity index (χ1n) is 10.7. The monoisotopic (exact) mass is 483 g/mol. The van der Waals surface area contributed by atoms with Crippen LogP contribution in [-0.4, -0.2) is 35.1 Å². The third-order valence-corrected chi connectivity index (χ3v) is 5.57. The lowest BCUT2D eigenvalue weighted by Gasteiger charge is -2.27. The number of nitrogens with one attached hydrogen (secondary N) is 2. The molecule has 0 saturated carbocycles. The van der Waals surface area contributed by atoms with E-state index in [1.54, 1.807) is 24.3 Å². The Morgan fingerprint density at radius 2 is 1.51 bits per heavy atom. The van der Waals surface area contributed by atoms with Gasteiger partial charge in [0.05, 0.1) is 16.9 Å². The van der Waals surface area contributed by atoms with E-state index in [1.165, 1.54) is 6.92 Å². The molecule has 0 atom stereocenters. The maximum atomic E-state index is 13.1. The Bertz CT molecular complexity index is 1320. The highest BCUT2D eigenvalue weighted by Gasteiger charge is 2.33. The Morgan fingerprint density at radius 1 is 0.886 bits per heavy atom. The van der Waals surface area contributed by atoms with Gasteiger partial charge in [-0.2, -0.15) is 13.2 Å². The van der Waals surface area contributed by atoms with E-state index in [4.69, 9.17) is 0 Å². The molecule has 0 unspecified atom stereocenters. The number of nitrogens with zero attached hydrogens (tertiary/aromatic N) is 1. The summed E-state index contributed by atoms with van der Waals surface area (Å²) in [6.45, 7) is 1.14. The van der Waals surface area contributed by atoms with Crippen LogP contribution in [0.2, 0.25) is 0 Å². The molecule has 7 nitrogen and oxygen atoms in total. The van der Waals surface area contributed by atoms with Crippen LogP contribution in [0.3, 0.4) is 0 Å². The van der Waals surface area contributed by atoms with Crippen LogP contribution in [-0.2, 0) is 15.8 Å². The topological polar surface area (TPSA) is 95.6 Å². The Balaban J connectivity index is 1.45. The van der Waals surface area contributed by atoms with Crippen LogP contribution in [0.25, 0.3) is 10.8 Å². The van der Waals surface area contributed by atoms with Crippen LogP contribution in [0.4, 0.5) is 24.5 Å². The lowest BCUT2D eigenvalue weighted by molar-refractivity contribution is -0.137. The van der Waals surface area contributed by atoms with Gasteiger partial charge in [0, 0.05) is 36.4 Å². The highest BCUT2D eigenvalue weighted by molar-refractivity contribution is 6.25. The second-order valence-corrected chi connectivity index (χ2v) is 8.06. The maximum Gasteiger partial charge on any atom is 0.416 e. The molecule has 0 fully saturated rings. The van der Waals surface area contributed by atoms with Gasteiger partial charge in [-0.05, 0) is 42.1 Å². The third kappa shape index (κ3) is 4.86. The van der Waals surface area contributed by atoms with Gasteiger partial charge in [-0.1, -0.05) is 24.3 Å². The predicted octanol–water partition coefficient (Wildman–Crippen LogP) is 4.83. The van der Waals surface area contributed by atoms with E-state index in [1.807, 2.05) is 12.1 Å². The number of carbonyl (C=O) groups excluding carboxylic acids is 4. The van der Waals surface area contributed by atoms with Crippen molar-refractivity contribution < 1.29 is 32.3 Å². The summed E-state index contributed by atoms with van der Waals surface area (Å²) in [6, 6.07) is 12.9. The fraction of sp³-hybridized carbons (Fsp3) is 0.200. The summed E-state index contributed by atoms with van der Waals surface area (Å²) in [7, 11) is 0. The minimum absolute atomic E-state index is 0.0185. The molecule has 0 saturated heterocycles. The molecule has 1 aliphatic rings. The molecule has 2 N–H and O–H groups in total. The van der Waals surface area contributed by atoms with E-state index in [-0.39, 0.29) is 30.8 Å². The number of amides is 4. The van der Waals surface area contributed by atoms with E-state index in [0.29, 0.717) is 16.5 Å². The fourth-order valence-corrected chi connectivity index (χ4v) is 4.02. The average Bonchev–Trinajstić information content (AvgIpc) is 2.79. The van der Waals surface area contributed by atoms with Gasteiger partial charge in [0.25, 0.3) is 11.8 Å². The van der Waals surface area contributed by atoms with E-state index >= 15 is 0 Å². The van der Waals surface area contributed by atoms with Crippen molar-refractivity contribution in [1.29, 1.82) is 0 Å². The molecule has 10 heteroatoms. The van der Waals surface area contributed by atoms with Crippen molar-refractivity contribution in [3.05, 3.63) is 71.3 Å². The van der Waals surface area contributed by atoms with Gasteiger partial charge in [-0.15, -0.1) is 0 Å². The molecule has 0 radical (unpaired) electrons. The van der Waals surface area contributed by atoms with Crippen molar-refractivity contribution in [2.24, 2.45) is 0 Å². The van der Waals surface area contributed by atoms with Gasteiger partial charge in [0.15, 0.2) is 0 Å². The van der Waals surface area contributed by atoms with Gasteiger partial charge in [0.2, 0.25) is 11.8 Å². The molecule has 0 bridgehead atoms. The summed E-state index contributed by atoms with van der Waals surface area (Å²) in [5, 5.41) is 6.12. The number of imide groups is 1. The smallest absolute Gasteiger partial charge is 0.325 e. The van der Waals surface area contributed by atoms with Crippen molar-refractivity contribution in [2.45, 2.75) is 25.9 Å². The number of halogens is 3. The standard InChI is InChI=1S/C25H20F3N3O4/c1-14(32)29-19-11-10-16(25(26,27)28)13-20(19)30-21(33)9-4-12-31-23(34)17-7-2-5-15-6-3-8-18(22(15)17)24(31)35/h2-3,5-8,10-11,13H,4,9,12H2,1H3,(H,29,32)(H,30,33). The second kappa shape index (κ2) is 9.21. The normalized spacial score (nSPS) is 13.2. The van der Waals surface area contributed by atoms with Crippen molar-refractivity contribution in [1.82, 2.24) is 4.90 Å². The minimum atomic E-state index is -4.64. The summed E-state index contributed by atoms with van der Waals surface area (Å²) in [5.41, 5.74) is -0.382. The molecule has 4 amide bonds. The van der Waals surface area contributed by atoms with Crippen LogP contribution < -0.4 is 10.6 Å². The van der Waals surface area contributed by atoms with Crippen molar-refractivity contribution in [3.8, 4) is 0 Å². The predicted molar refractivity (Wildman–Crippen MR) is 123 cm³/mol. The van der Waals surface area contributed by atoms with Crippen molar-refractivity contribution in [2.75, 3.05) is 17.2 Å². The van der Waals surface area contributed by atoms with Crippen LogP contribution in [0, 0.1) is 0 Å². The molecule has 0 spiro atoms. The van der Waals surface area contributed by atoms with Crippen LogP contribution >= 0.6 is 0 Å². The highest BCUT2D eigenvalue weighted by Crippen LogP contribution is 2.34. The highest BCUT2D eigenvalue weighted by atomic mass is 19.4. The van der Waals surface area contributed by atoms with E-state index in [0.717, 1.165) is 28.5 Å². The van der Waals surface area contributed by atoms with Gasteiger partial charge < -0.3 is 10.6 Å². The Kier molecular flexibility index (Phi) is 6.29. The van der Waals surface area contributed by atoms with Gasteiger partial charge in [-0.3, -0.25) is 24.1 Å². The largest absolute Gasteiger partial charge is 0.416 e. The Morgan fingerprint density at radius 3 is 2.09 bits per heavy atom. The molecule has 35 heavy (non-hydrogen) atoms. The molecule has 4 rings (SSSR count). The second-order valence-electron chi connectivity index (χ2n) is 8.06. The summed E-state index contributed by atoms with van der Waals surface area (Å²) in [6.07, 6.45) is -4.71. The summed E-state index contributed by atoms with van der Waals surface area (Å²) < 4.78 is 39.3. The maximum absolute atomic E-state index is 13.1. The Labute approximate surface area is 197 Å². The van der Waals surface area contributed by atoms with E-state index in [9.17, 15) is 32.3 Å². The van der Waals surface area contributed by atoms with E-state index in [2.05, 4.69) is 10.6 Å². The number of benzene rings is 3. The minimum Gasteiger partial charge on any atom is -0.325 e. The number of rotatable bonds is 6. The van der Waals surface area contributed by atoms with Crippen molar-refractivity contribution >= 4 is 45.8 Å². The average molecular weight is 483 g/mol. The van der Waals surface area contributed by atoms with Gasteiger partial charge in [0.1, 0.15) is 0 Å². The number of hydrogen-bond donors (Lipinski definition) is 2. The quantitative estimate of drug-likeness (QED) is 0.491. The summed E-state index contributed by atoms with van der Waals surface area (Å²) >= 11 is 0. The Hall–Kier alpha value is -4.21. The number of anilines is 2. The lowest BCUT2D eigenvalue weighted by atomic mass is 9.94. The molecule has 1 aliphatic heterocycles. The molecule has 1 heterocycles. The van der Waals surface area contributed by atoms with Gasteiger partial charge in [-0.25, -0.2) is 0 Å². The zero-order chi connectivity index (χ0) is 25.3. The molecule has 3 aromatic carbocycles. The molecular weight excluding hydrogens is 463 g/mol. The SMILES string of the molecule is CC(=O)Nc1ccc(C(F)(F)F)cc1NC(=O)CCCN1C(=O)c2cccc3cccc(c23)C1=O. The number of carbonyl (C=O) groups is 4. The van der Waals surface area contributed by atoms with Gasteiger partial charge >= 0.3 is 6.18 Å². The van der Waals surface area contributed by atoms with Crippen LogP contribution in [0.5, 0.6) is 0 Å². The molecule has 0 aromatic heterocycles. The number of alkyl halides is 3. The first-order chi connectivity index (χ1) is 16.6. The zero-order valence-corrected chi connectivity index (χ0v) is 18.5. The third-order valence-electron chi connectivity index (χ3n) is 5.57. The molecule has 0 aliphatic carbocycles. The summed E-state index contributed by atoms with van der Waals surface area (Å²) in [5.74, 6) is -2.08. The van der Waals surface area contributed by atoms with E-state index < -0.39 is 35.4 Å². The lowest BCUT2D eigenvalue weighted by Crippen LogP contribution is -2.41. The molecular formula is C25H20F3N3O4. The number of hydrogen-bond acceptors (Lipinski definition) is 4. The summed E-state index contributed by atoms with van der Waals surface area (Å²) in [4.78, 5) is 50.8. The first-order valence-corrected chi connectivity index (χ1v) is 10.7. The zero-order valence-electron chi connectivity index (χ0n) is 18.5. The first kappa shape index (κ1) is 23.9. The van der Waals surface area contributed by atoms with Crippen LogP contribution in [0.15, 0.2) is 54.6 Å².